The molecule has 0 spiro atoms. The summed E-state index contributed by atoms with van der Waals surface area (Å²) in [6, 6.07) is 4.15. The Labute approximate surface area is 85.9 Å². The van der Waals surface area contributed by atoms with Crippen LogP contribution in [0.15, 0.2) is 12.1 Å². The summed E-state index contributed by atoms with van der Waals surface area (Å²) in [7, 11) is 5.29. The maximum atomic E-state index is 8.67. The number of hydrogen-bond donors (Lipinski definition) is 3. The van der Waals surface area contributed by atoms with Crippen LogP contribution in [0.3, 0.4) is 0 Å². The molecule has 0 amide bonds. The van der Waals surface area contributed by atoms with Crippen molar-refractivity contribution >= 4 is 7.98 Å². The average Bonchev–Trinajstić information content (AvgIpc) is 2.14. The molecule has 0 aliphatic heterocycles. The van der Waals surface area contributed by atoms with Gasteiger partial charge in [0.05, 0.1) is 0 Å². The number of rotatable bonds is 4. The minimum absolute atomic E-state index is 0.463. The zero-order valence-corrected chi connectivity index (χ0v) is 8.59. The van der Waals surface area contributed by atoms with Crippen LogP contribution in [0.2, 0.25) is 0 Å². The lowest BCUT2D eigenvalue weighted by Gasteiger charge is -2.12. The Morgan fingerprint density at radius 3 is 2.29 bits per heavy atom. The zero-order chi connectivity index (χ0) is 10.6. The van der Waals surface area contributed by atoms with Crippen molar-refractivity contribution in [2.45, 2.75) is 26.9 Å². The highest BCUT2D eigenvalue weighted by molar-refractivity contribution is 6.04. The third-order valence-electron chi connectivity index (χ3n) is 2.33. The SMILES string of the molecule is [B]NCc1cc(C)cc(CNO)c1C. The number of hydrogen-bond acceptors (Lipinski definition) is 3. The van der Waals surface area contributed by atoms with Crippen molar-refractivity contribution in [3.63, 3.8) is 0 Å². The average molecular weight is 190 g/mol. The van der Waals surface area contributed by atoms with Crippen molar-refractivity contribution in [3.05, 3.63) is 34.4 Å². The first-order valence-corrected chi connectivity index (χ1v) is 4.58. The van der Waals surface area contributed by atoms with Gasteiger partial charge in [0.2, 0.25) is 0 Å². The van der Waals surface area contributed by atoms with Gasteiger partial charge in [-0.15, -0.1) is 0 Å². The maximum Gasteiger partial charge on any atom is 0.178 e. The molecule has 0 aliphatic rings. The van der Waals surface area contributed by atoms with E-state index in [2.05, 4.69) is 22.8 Å². The second-order valence-electron chi connectivity index (χ2n) is 3.42. The lowest BCUT2D eigenvalue weighted by atomic mass is 9.99. The molecule has 0 aliphatic carbocycles. The molecule has 0 heterocycles. The minimum Gasteiger partial charge on any atom is -0.363 e. The fourth-order valence-electron chi connectivity index (χ4n) is 1.58. The molecule has 4 heteroatoms. The van der Waals surface area contributed by atoms with E-state index in [0.29, 0.717) is 13.1 Å². The van der Waals surface area contributed by atoms with Crippen molar-refractivity contribution in [3.8, 4) is 0 Å². The molecule has 3 N–H and O–H groups in total. The van der Waals surface area contributed by atoms with E-state index < -0.39 is 0 Å². The predicted molar refractivity (Wildman–Crippen MR) is 57.1 cm³/mol. The third-order valence-corrected chi connectivity index (χ3v) is 2.33. The molecular formula is C10H15BN2O. The van der Waals surface area contributed by atoms with E-state index in [1.54, 1.807) is 0 Å². The molecule has 0 saturated heterocycles. The highest BCUT2D eigenvalue weighted by Gasteiger charge is 2.04. The van der Waals surface area contributed by atoms with Crippen LogP contribution >= 0.6 is 0 Å². The first-order chi connectivity index (χ1) is 6.69. The molecule has 74 valence electrons. The monoisotopic (exact) mass is 190 g/mol. The van der Waals surface area contributed by atoms with Gasteiger partial charge in [-0.3, -0.25) is 0 Å². The fraction of sp³-hybridized carbons (Fsp3) is 0.400. The van der Waals surface area contributed by atoms with E-state index in [9.17, 15) is 0 Å². The highest BCUT2D eigenvalue weighted by Crippen LogP contribution is 2.16. The molecule has 0 saturated carbocycles. The third kappa shape index (κ3) is 2.58. The number of benzene rings is 1. The molecule has 1 aromatic carbocycles. The van der Waals surface area contributed by atoms with E-state index in [-0.39, 0.29) is 0 Å². The van der Waals surface area contributed by atoms with Gasteiger partial charge in [-0.05, 0) is 30.5 Å². The molecule has 1 rings (SSSR count). The predicted octanol–water partition coefficient (Wildman–Crippen LogP) is 0.955. The van der Waals surface area contributed by atoms with E-state index in [1.165, 1.54) is 5.56 Å². The number of hydroxylamine groups is 1. The summed E-state index contributed by atoms with van der Waals surface area (Å²) in [4.78, 5) is 0. The van der Waals surface area contributed by atoms with Gasteiger partial charge < -0.3 is 10.4 Å². The van der Waals surface area contributed by atoms with Gasteiger partial charge in [0.15, 0.2) is 7.98 Å². The van der Waals surface area contributed by atoms with E-state index in [4.69, 9.17) is 13.2 Å². The van der Waals surface area contributed by atoms with Gasteiger partial charge in [-0.2, -0.15) is 0 Å². The van der Waals surface area contributed by atoms with Crippen LogP contribution in [0.25, 0.3) is 0 Å². The van der Waals surface area contributed by atoms with Gasteiger partial charge in [-0.1, -0.05) is 17.7 Å². The first-order valence-electron chi connectivity index (χ1n) is 4.58. The smallest absolute Gasteiger partial charge is 0.178 e. The normalized spacial score (nSPS) is 10.5. The van der Waals surface area contributed by atoms with Crippen molar-refractivity contribution in [2.75, 3.05) is 0 Å². The summed E-state index contributed by atoms with van der Waals surface area (Å²) in [6.07, 6.45) is 0. The molecule has 0 unspecified atom stereocenters. The molecule has 14 heavy (non-hydrogen) atoms. The van der Waals surface area contributed by atoms with E-state index in [0.717, 1.165) is 16.7 Å². The standard InChI is InChI=1S/C10H15BN2O/c1-7-3-9(5-12-11)8(2)10(4-7)6-13-14/h3-4,12-14H,5-6H2,1-2H3. The Morgan fingerprint density at radius 1 is 1.21 bits per heavy atom. The van der Waals surface area contributed by atoms with Crippen LogP contribution in [-0.4, -0.2) is 13.2 Å². The van der Waals surface area contributed by atoms with Gasteiger partial charge >= 0.3 is 0 Å². The molecule has 3 nitrogen and oxygen atoms in total. The Morgan fingerprint density at radius 2 is 1.79 bits per heavy atom. The molecule has 1 aromatic rings. The highest BCUT2D eigenvalue weighted by atomic mass is 16.5. The Kier molecular flexibility index (Phi) is 4.13. The number of nitrogens with one attached hydrogen (secondary N) is 2. The summed E-state index contributed by atoms with van der Waals surface area (Å²) in [5.74, 6) is 0. The van der Waals surface area contributed by atoms with Gasteiger partial charge in [0, 0.05) is 13.1 Å². The van der Waals surface area contributed by atoms with Crippen LogP contribution in [0.4, 0.5) is 0 Å². The summed E-state index contributed by atoms with van der Waals surface area (Å²) < 4.78 is 0. The molecule has 0 bridgehead atoms. The second kappa shape index (κ2) is 5.15. The first kappa shape index (κ1) is 11.2. The van der Waals surface area contributed by atoms with E-state index >= 15 is 0 Å². The van der Waals surface area contributed by atoms with Crippen molar-refractivity contribution < 1.29 is 5.21 Å². The lowest BCUT2D eigenvalue weighted by molar-refractivity contribution is 0.161. The minimum atomic E-state index is 0.463. The van der Waals surface area contributed by atoms with Crippen LogP contribution in [0.5, 0.6) is 0 Å². The molecular weight excluding hydrogens is 175 g/mol. The van der Waals surface area contributed by atoms with Gasteiger partial charge in [0.25, 0.3) is 0 Å². The maximum absolute atomic E-state index is 8.67. The lowest BCUT2D eigenvalue weighted by Crippen LogP contribution is -2.13. The Bertz CT molecular complexity index is 288. The molecule has 2 radical (unpaired) electrons. The number of aryl methyl sites for hydroxylation is 1. The molecule has 0 atom stereocenters. The van der Waals surface area contributed by atoms with Crippen molar-refractivity contribution in [1.82, 2.24) is 10.7 Å². The summed E-state index contributed by atoms with van der Waals surface area (Å²) in [5.41, 5.74) is 6.76. The van der Waals surface area contributed by atoms with Crippen LogP contribution in [0, 0.1) is 13.8 Å². The van der Waals surface area contributed by atoms with Crippen molar-refractivity contribution in [2.24, 2.45) is 0 Å². The summed E-state index contributed by atoms with van der Waals surface area (Å²) in [5, 5.41) is 11.3. The molecule has 0 fully saturated rings. The quantitative estimate of drug-likeness (QED) is 0.489. The van der Waals surface area contributed by atoms with Crippen LogP contribution in [-0.2, 0) is 13.1 Å². The van der Waals surface area contributed by atoms with Crippen LogP contribution in [0.1, 0.15) is 22.3 Å². The van der Waals surface area contributed by atoms with Crippen molar-refractivity contribution in [1.29, 1.82) is 0 Å². The van der Waals surface area contributed by atoms with Crippen LogP contribution < -0.4 is 10.7 Å². The Hall–Kier alpha value is -0.835. The Balaban J connectivity index is 3.04. The summed E-state index contributed by atoms with van der Waals surface area (Å²) >= 11 is 0. The zero-order valence-electron chi connectivity index (χ0n) is 8.59. The molecule has 0 aromatic heterocycles. The topological polar surface area (TPSA) is 44.3 Å². The summed E-state index contributed by atoms with van der Waals surface area (Å²) in [6.45, 7) is 5.16. The second-order valence-corrected chi connectivity index (χ2v) is 3.42. The van der Waals surface area contributed by atoms with E-state index in [1.807, 2.05) is 13.8 Å². The fourth-order valence-corrected chi connectivity index (χ4v) is 1.58. The van der Waals surface area contributed by atoms with Gasteiger partial charge in [-0.25, -0.2) is 5.48 Å². The largest absolute Gasteiger partial charge is 0.363 e. The van der Waals surface area contributed by atoms with Gasteiger partial charge in [0.1, 0.15) is 0 Å².